The maximum Gasteiger partial charge on any atom is 0.224 e. The first-order valence-corrected chi connectivity index (χ1v) is 10.4. The van der Waals surface area contributed by atoms with Crippen LogP contribution in [0.3, 0.4) is 0 Å². The van der Waals surface area contributed by atoms with Gasteiger partial charge in [-0.25, -0.2) is 0 Å². The maximum absolute atomic E-state index is 12.7. The van der Waals surface area contributed by atoms with Crippen LogP contribution in [0.2, 0.25) is 0 Å². The van der Waals surface area contributed by atoms with Crippen molar-refractivity contribution in [1.82, 2.24) is 4.57 Å². The number of amides is 1. The molecule has 1 aromatic heterocycles. The molecule has 150 valence electrons. The summed E-state index contributed by atoms with van der Waals surface area (Å²) in [5.74, 6) is 0.261. The molecular formula is C25H29N3O. The molecule has 0 radical (unpaired) electrons. The van der Waals surface area contributed by atoms with Gasteiger partial charge in [0.1, 0.15) is 0 Å². The SMILES string of the molecule is Cc1cc(N2CCn3cccc3C2)cc(C)c1NC(=O)CC(C)c1ccccc1. The zero-order valence-corrected chi connectivity index (χ0v) is 17.5. The minimum atomic E-state index is 0.0658. The largest absolute Gasteiger partial charge is 0.364 e. The topological polar surface area (TPSA) is 37.3 Å². The molecule has 0 spiro atoms. The first kappa shape index (κ1) is 19.3. The fourth-order valence-corrected chi connectivity index (χ4v) is 4.22. The van der Waals surface area contributed by atoms with E-state index in [0.29, 0.717) is 6.42 Å². The molecule has 0 aliphatic carbocycles. The van der Waals surface area contributed by atoms with Crippen molar-refractivity contribution < 1.29 is 4.79 Å². The van der Waals surface area contributed by atoms with E-state index in [-0.39, 0.29) is 11.8 Å². The van der Waals surface area contributed by atoms with Gasteiger partial charge in [-0.3, -0.25) is 4.79 Å². The summed E-state index contributed by atoms with van der Waals surface area (Å²) < 4.78 is 2.32. The summed E-state index contributed by atoms with van der Waals surface area (Å²) in [5.41, 5.74) is 6.94. The van der Waals surface area contributed by atoms with E-state index < -0.39 is 0 Å². The highest BCUT2D eigenvalue weighted by molar-refractivity contribution is 5.93. The molecule has 4 heteroatoms. The Morgan fingerprint density at radius 1 is 1.03 bits per heavy atom. The van der Waals surface area contributed by atoms with Gasteiger partial charge in [-0.2, -0.15) is 0 Å². The molecule has 1 aliphatic rings. The van der Waals surface area contributed by atoms with Gasteiger partial charge in [-0.1, -0.05) is 37.3 Å². The van der Waals surface area contributed by atoms with Crippen molar-refractivity contribution in [1.29, 1.82) is 0 Å². The second-order valence-corrected chi connectivity index (χ2v) is 8.13. The molecule has 2 heterocycles. The lowest BCUT2D eigenvalue weighted by Gasteiger charge is -2.31. The number of rotatable bonds is 5. The number of nitrogens with one attached hydrogen (secondary N) is 1. The number of anilines is 2. The Morgan fingerprint density at radius 3 is 2.48 bits per heavy atom. The highest BCUT2D eigenvalue weighted by Gasteiger charge is 2.18. The number of hydrogen-bond acceptors (Lipinski definition) is 2. The first-order chi connectivity index (χ1) is 14.0. The van der Waals surface area contributed by atoms with Crippen LogP contribution in [0.25, 0.3) is 0 Å². The Bertz CT molecular complexity index is 983. The molecule has 1 atom stereocenters. The normalized spacial score (nSPS) is 14.4. The average molecular weight is 388 g/mol. The van der Waals surface area contributed by atoms with Gasteiger partial charge in [-0.05, 0) is 60.7 Å². The summed E-state index contributed by atoms with van der Waals surface area (Å²) in [5, 5.41) is 3.16. The Morgan fingerprint density at radius 2 is 1.76 bits per heavy atom. The number of carbonyl (C=O) groups is 1. The number of carbonyl (C=O) groups excluding carboxylic acids is 1. The molecule has 0 fully saturated rings. The average Bonchev–Trinajstić information content (AvgIpc) is 3.19. The predicted molar refractivity (Wildman–Crippen MR) is 120 cm³/mol. The fourth-order valence-electron chi connectivity index (χ4n) is 4.22. The van der Waals surface area contributed by atoms with Crippen molar-refractivity contribution in [3.05, 3.63) is 83.2 Å². The molecule has 4 rings (SSSR count). The summed E-state index contributed by atoms with van der Waals surface area (Å²) in [6, 6.07) is 18.9. The molecule has 1 N–H and O–H groups in total. The quantitative estimate of drug-likeness (QED) is 0.649. The minimum absolute atomic E-state index is 0.0658. The first-order valence-electron chi connectivity index (χ1n) is 10.4. The second kappa shape index (κ2) is 8.16. The van der Waals surface area contributed by atoms with Gasteiger partial charge in [0.25, 0.3) is 0 Å². The maximum atomic E-state index is 12.7. The fraction of sp³-hybridized carbons (Fsp3) is 0.320. The lowest BCUT2D eigenvalue weighted by molar-refractivity contribution is -0.116. The zero-order valence-electron chi connectivity index (χ0n) is 17.5. The molecule has 0 saturated carbocycles. The van der Waals surface area contributed by atoms with Crippen LogP contribution in [-0.2, 0) is 17.9 Å². The molecule has 0 saturated heterocycles. The van der Waals surface area contributed by atoms with Crippen LogP contribution >= 0.6 is 0 Å². The predicted octanol–water partition coefficient (Wildman–Crippen LogP) is 5.26. The molecule has 1 aliphatic heterocycles. The number of aryl methyl sites for hydroxylation is 2. The van der Waals surface area contributed by atoms with Gasteiger partial charge in [-0.15, -0.1) is 0 Å². The van der Waals surface area contributed by atoms with Crippen LogP contribution in [-0.4, -0.2) is 17.0 Å². The van der Waals surface area contributed by atoms with Crippen LogP contribution in [0.5, 0.6) is 0 Å². The zero-order chi connectivity index (χ0) is 20.4. The van der Waals surface area contributed by atoms with Crippen molar-refractivity contribution in [2.75, 3.05) is 16.8 Å². The number of nitrogens with zero attached hydrogens (tertiary/aromatic N) is 2. The van der Waals surface area contributed by atoms with Gasteiger partial charge < -0.3 is 14.8 Å². The van der Waals surface area contributed by atoms with Crippen LogP contribution < -0.4 is 10.2 Å². The van der Waals surface area contributed by atoms with E-state index >= 15 is 0 Å². The molecule has 1 unspecified atom stereocenters. The summed E-state index contributed by atoms with van der Waals surface area (Å²) in [4.78, 5) is 15.1. The standard InChI is InChI=1S/C25H29N3O/c1-18(21-8-5-4-6-9-21)16-24(29)26-25-19(2)14-23(15-20(25)3)28-13-12-27-11-7-10-22(27)17-28/h4-11,14-15,18H,12-13,16-17H2,1-3H3,(H,26,29). The summed E-state index contributed by atoms with van der Waals surface area (Å²) in [6.45, 7) is 9.20. The summed E-state index contributed by atoms with van der Waals surface area (Å²) in [6.07, 6.45) is 2.63. The van der Waals surface area contributed by atoms with Gasteiger partial charge >= 0.3 is 0 Å². The smallest absolute Gasteiger partial charge is 0.224 e. The Labute approximate surface area is 173 Å². The molecule has 0 bridgehead atoms. The lowest BCUT2D eigenvalue weighted by Crippen LogP contribution is -2.33. The molecule has 3 aromatic rings. The molecule has 2 aromatic carbocycles. The number of fused-ring (bicyclic) bond motifs is 1. The van der Waals surface area contributed by atoms with Crippen LogP contribution in [0.1, 0.15) is 41.6 Å². The highest BCUT2D eigenvalue weighted by atomic mass is 16.1. The van der Waals surface area contributed by atoms with E-state index in [2.05, 4.69) is 78.2 Å². The van der Waals surface area contributed by atoms with Gasteiger partial charge in [0, 0.05) is 42.8 Å². The van der Waals surface area contributed by atoms with E-state index in [0.717, 1.165) is 36.4 Å². The molecule has 4 nitrogen and oxygen atoms in total. The number of benzene rings is 2. The van der Waals surface area contributed by atoms with Crippen molar-refractivity contribution >= 4 is 17.3 Å². The van der Waals surface area contributed by atoms with Crippen LogP contribution in [0, 0.1) is 13.8 Å². The van der Waals surface area contributed by atoms with Gasteiger partial charge in [0.05, 0.1) is 6.54 Å². The van der Waals surface area contributed by atoms with Crippen molar-refractivity contribution in [2.24, 2.45) is 0 Å². The van der Waals surface area contributed by atoms with E-state index in [1.165, 1.54) is 16.9 Å². The third-order valence-electron chi connectivity index (χ3n) is 5.89. The van der Waals surface area contributed by atoms with Crippen molar-refractivity contribution in [3.63, 3.8) is 0 Å². The molecular weight excluding hydrogens is 358 g/mol. The molecule has 1 amide bonds. The van der Waals surface area contributed by atoms with E-state index in [1.54, 1.807) is 0 Å². The Hall–Kier alpha value is -3.01. The molecule has 29 heavy (non-hydrogen) atoms. The van der Waals surface area contributed by atoms with E-state index in [1.807, 2.05) is 18.2 Å². The van der Waals surface area contributed by atoms with Crippen LogP contribution in [0.15, 0.2) is 60.8 Å². The van der Waals surface area contributed by atoms with Crippen molar-refractivity contribution in [3.8, 4) is 0 Å². The third-order valence-corrected chi connectivity index (χ3v) is 5.89. The lowest BCUT2D eigenvalue weighted by atomic mass is 9.97. The highest BCUT2D eigenvalue weighted by Crippen LogP contribution is 2.30. The third kappa shape index (κ3) is 4.21. The van der Waals surface area contributed by atoms with Gasteiger partial charge in [0.2, 0.25) is 5.91 Å². The second-order valence-electron chi connectivity index (χ2n) is 8.13. The monoisotopic (exact) mass is 387 g/mol. The van der Waals surface area contributed by atoms with E-state index in [9.17, 15) is 4.79 Å². The number of hydrogen-bond donors (Lipinski definition) is 1. The summed E-state index contributed by atoms with van der Waals surface area (Å²) >= 11 is 0. The Balaban J connectivity index is 1.45. The van der Waals surface area contributed by atoms with Crippen LogP contribution in [0.4, 0.5) is 11.4 Å². The minimum Gasteiger partial charge on any atom is -0.364 e. The number of aromatic nitrogens is 1. The van der Waals surface area contributed by atoms with Gasteiger partial charge in [0.15, 0.2) is 0 Å². The Kier molecular flexibility index (Phi) is 5.43. The van der Waals surface area contributed by atoms with Crippen molar-refractivity contribution in [2.45, 2.75) is 46.2 Å². The van der Waals surface area contributed by atoms with E-state index in [4.69, 9.17) is 0 Å². The summed E-state index contributed by atoms with van der Waals surface area (Å²) in [7, 11) is 0.